The number of nitrogens with one attached hydrogen (secondary N) is 1. The monoisotopic (exact) mass is 607 g/mol. The Morgan fingerprint density at radius 2 is 1.60 bits per heavy atom. The number of nitriles is 1. The van der Waals surface area contributed by atoms with Gasteiger partial charge in [0.25, 0.3) is 5.91 Å². The van der Waals surface area contributed by atoms with E-state index in [0.717, 1.165) is 16.7 Å². The first-order valence-corrected chi connectivity index (χ1v) is 14.4. The molecule has 0 saturated carbocycles. The molecule has 0 aromatic heterocycles. The Bertz CT molecular complexity index is 1440. The van der Waals surface area contributed by atoms with Gasteiger partial charge in [-0.3, -0.25) is 14.4 Å². The number of benzene rings is 3. The Morgan fingerprint density at radius 3 is 2.14 bits per heavy atom. The quantitative estimate of drug-likeness (QED) is 0.281. The normalized spacial score (nSPS) is 19.1. The lowest BCUT2D eigenvalue weighted by atomic mass is 9.88. The largest absolute Gasteiger partial charge is 0.481 e. The average molecular weight is 609 g/mol. The molecule has 0 radical (unpaired) electrons. The number of morpholine rings is 1. The van der Waals surface area contributed by atoms with Crippen LogP contribution in [0.4, 0.5) is 0 Å². The van der Waals surface area contributed by atoms with Crippen LogP contribution in [-0.2, 0) is 25.5 Å². The van der Waals surface area contributed by atoms with E-state index in [0.29, 0.717) is 28.5 Å². The number of aliphatic carboxylic acids is 1. The van der Waals surface area contributed by atoms with Crippen molar-refractivity contribution in [1.82, 2.24) is 10.2 Å². The Balaban J connectivity index is 1.82. The maximum atomic E-state index is 14.4. The number of halogens is 2. The van der Waals surface area contributed by atoms with Crippen molar-refractivity contribution >= 4 is 41.0 Å². The second-order valence-corrected chi connectivity index (χ2v) is 11.0. The minimum atomic E-state index is -1.03. The lowest BCUT2D eigenvalue weighted by Gasteiger charge is -2.47. The fourth-order valence-electron chi connectivity index (χ4n) is 5.16. The SMILES string of the molecule is CCCC(C(=O)NCCC(=O)O)N1C(=O)[C@H](Cc2ccc(C#N)cc2)O[C@@H](c2ccc(Cl)cc2)[C@H]1c1ccc(Cl)cc1. The highest BCUT2D eigenvalue weighted by atomic mass is 35.5. The topological polar surface area (TPSA) is 120 Å². The predicted molar refractivity (Wildman–Crippen MR) is 159 cm³/mol. The van der Waals surface area contributed by atoms with Crippen LogP contribution >= 0.6 is 23.2 Å². The van der Waals surface area contributed by atoms with Crippen LogP contribution in [0.2, 0.25) is 10.0 Å². The van der Waals surface area contributed by atoms with Crippen molar-refractivity contribution in [3.05, 3.63) is 105 Å². The van der Waals surface area contributed by atoms with Crippen LogP contribution in [0, 0.1) is 11.3 Å². The molecule has 1 heterocycles. The molecule has 2 amide bonds. The van der Waals surface area contributed by atoms with Crippen LogP contribution in [-0.4, -0.2) is 46.5 Å². The summed E-state index contributed by atoms with van der Waals surface area (Å²) in [5.74, 6) is -1.83. The highest BCUT2D eigenvalue weighted by Crippen LogP contribution is 2.44. The Hall–Kier alpha value is -3.90. The van der Waals surface area contributed by atoms with E-state index in [4.69, 9.17) is 33.0 Å². The lowest BCUT2D eigenvalue weighted by Crippen LogP contribution is -2.59. The van der Waals surface area contributed by atoms with E-state index < -0.39 is 36.2 Å². The molecule has 10 heteroatoms. The molecule has 1 aliphatic heterocycles. The highest BCUT2D eigenvalue weighted by Gasteiger charge is 2.48. The van der Waals surface area contributed by atoms with Crippen LogP contribution < -0.4 is 5.32 Å². The van der Waals surface area contributed by atoms with E-state index in [1.807, 2.05) is 31.2 Å². The van der Waals surface area contributed by atoms with E-state index in [1.54, 1.807) is 53.4 Å². The first-order chi connectivity index (χ1) is 20.2. The molecule has 0 spiro atoms. The number of carbonyl (C=O) groups excluding carboxylic acids is 2. The van der Waals surface area contributed by atoms with Crippen LogP contribution in [0.5, 0.6) is 0 Å². The summed E-state index contributed by atoms with van der Waals surface area (Å²) in [5.41, 5.74) is 2.79. The van der Waals surface area contributed by atoms with Crippen molar-refractivity contribution in [2.24, 2.45) is 0 Å². The number of rotatable bonds is 11. The molecular weight excluding hydrogens is 577 g/mol. The maximum absolute atomic E-state index is 14.4. The molecular formula is C32H31Cl2N3O5. The van der Waals surface area contributed by atoms with E-state index in [-0.39, 0.29) is 25.3 Å². The highest BCUT2D eigenvalue weighted by molar-refractivity contribution is 6.30. The minimum absolute atomic E-state index is 0.0617. The first kappa shape index (κ1) is 31.0. The van der Waals surface area contributed by atoms with Crippen molar-refractivity contribution in [2.75, 3.05) is 6.54 Å². The summed E-state index contributed by atoms with van der Waals surface area (Å²) in [6.45, 7) is 1.86. The molecule has 3 aromatic rings. The van der Waals surface area contributed by atoms with Gasteiger partial charge in [0.2, 0.25) is 5.91 Å². The van der Waals surface area contributed by atoms with Crippen LogP contribution in [0.1, 0.15) is 60.6 Å². The zero-order valence-corrected chi connectivity index (χ0v) is 24.5. The molecule has 4 atom stereocenters. The summed E-state index contributed by atoms with van der Waals surface area (Å²) < 4.78 is 6.59. The van der Waals surface area contributed by atoms with Crippen LogP contribution in [0.3, 0.4) is 0 Å². The van der Waals surface area contributed by atoms with Crippen LogP contribution in [0.15, 0.2) is 72.8 Å². The van der Waals surface area contributed by atoms with Gasteiger partial charge in [0.1, 0.15) is 18.2 Å². The smallest absolute Gasteiger partial charge is 0.305 e. The lowest BCUT2D eigenvalue weighted by molar-refractivity contribution is -0.181. The van der Waals surface area contributed by atoms with E-state index >= 15 is 0 Å². The second kappa shape index (κ2) is 14.3. The number of carbonyl (C=O) groups is 3. The summed E-state index contributed by atoms with van der Waals surface area (Å²) in [7, 11) is 0. The molecule has 42 heavy (non-hydrogen) atoms. The molecule has 0 bridgehead atoms. The van der Waals surface area contributed by atoms with E-state index in [2.05, 4.69) is 11.4 Å². The summed E-state index contributed by atoms with van der Waals surface area (Å²) >= 11 is 12.4. The van der Waals surface area contributed by atoms with Gasteiger partial charge in [-0.25, -0.2) is 0 Å². The molecule has 218 valence electrons. The third-order valence-electron chi connectivity index (χ3n) is 7.18. The fraction of sp³-hybridized carbons (Fsp3) is 0.312. The van der Waals surface area contributed by atoms with Crippen LogP contribution in [0.25, 0.3) is 0 Å². The standard InChI is InChI=1S/C32H31Cl2N3O5/c1-2-3-26(31(40)36-17-16-28(38)39)37-29(22-8-12-24(33)13-9-22)30(23-10-14-25(34)15-11-23)42-27(32(37)41)18-20-4-6-21(19-35)7-5-20/h4-15,26-27,29-30H,2-3,16-18H2,1H3,(H,36,40)(H,38,39)/t26?,27-,29+,30-/m0/s1. The van der Waals surface area contributed by atoms with Gasteiger partial charge in [-0.05, 0) is 59.5 Å². The molecule has 1 aliphatic rings. The molecule has 1 saturated heterocycles. The van der Waals surface area contributed by atoms with Crippen molar-refractivity contribution in [3.63, 3.8) is 0 Å². The number of ether oxygens (including phenoxy) is 1. The third-order valence-corrected chi connectivity index (χ3v) is 7.68. The Kier molecular flexibility index (Phi) is 10.6. The zero-order valence-electron chi connectivity index (χ0n) is 23.0. The summed E-state index contributed by atoms with van der Waals surface area (Å²) in [6.07, 6.45) is -0.675. The van der Waals surface area contributed by atoms with E-state index in [1.165, 1.54) is 0 Å². The van der Waals surface area contributed by atoms with Gasteiger partial charge in [0.05, 0.1) is 24.1 Å². The van der Waals surface area contributed by atoms with Crippen molar-refractivity contribution < 1.29 is 24.2 Å². The maximum Gasteiger partial charge on any atom is 0.305 e. The first-order valence-electron chi connectivity index (χ1n) is 13.7. The van der Waals surface area contributed by atoms with Gasteiger partial charge < -0.3 is 20.1 Å². The van der Waals surface area contributed by atoms with Gasteiger partial charge in [-0.2, -0.15) is 5.26 Å². The number of carboxylic acid groups (broad SMARTS) is 1. The molecule has 1 fully saturated rings. The van der Waals surface area contributed by atoms with Crippen molar-refractivity contribution in [1.29, 1.82) is 5.26 Å². The second-order valence-electron chi connectivity index (χ2n) is 10.1. The van der Waals surface area contributed by atoms with Gasteiger partial charge >= 0.3 is 5.97 Å². The number of carboxylic acids is 1. The molecule has 4 rings (SSSR count). The van der Waals surface area contributed by atoms with Gasteiger partial charge in [0.15, 0.2) is 0 Å². The Morgan fingerprint density at radius 1 is 1.00 bits per heavy atom. The van der Waals surface area contributed by atoms with Gasteiger partial charge in [-0.1, -0.05) is 72.9 Å². The predicted octanol–water partition coefficient (Wildman–Crippen LogP) is 5.88. The summed E-state index contributed by atoms with van der Waals surface area (Å²) in [5, 5.41) is 22.1. The van der Waals surface area contributed by atoms with Crippen molar-refractivity contribution in [3.8, 4) is 6.07 Å². The number of nitrogens with zero attached hydrogens (tertiary/aromatic N) is 2. The van der Waals surface area contributed by atoms with Gasteiger partial charge in [-0.15, -0.1) is 0 Å². The molecule has 3 aromatic carbocycles. The molecule has 0 aliphatic carbocycles. The minimum Gasteiger partial charge on any atom is -0.481 e. The average Bonchev–Trinajstić information content (AvgIpc) is 2.98. The molecule has 8 nitrogen and oxygen atoms in total. The summed E-state index contributed by atoms with van der Waals surface area (Å²) in [6, 6.07) is 21.7. The number of hydrogen-bond donors (Lipinski definition) is 2. The number of hydrogen-bond acceptors (Lipinski definition) is 5. The Labute approximate surface area is 254 Å². The van der Waals surface area contributed by atoms with Gasteiger partial charge in [0, 0.05) is 23.0 Å². The number of amides is 2. The zero-order chi connectivity index (χ0) is 30.2. The molecule has 1 unspecified atom stereocenters. The molecule has 2 N–H and O–H groups in total. The third kappa shape index (κ3) is 7.48. The summed E-state index contributed by atoms with van der Waals surface area (Å²) in [4.78, 5) is 40.7. The van der Waals surface area contributed by atoms with Crippen molar-refractivity contribution in [2.45, 2.75) is 56.9 Å². The fourth-order valence-corrected chi connectivity index (χ4v) is 5.41. The van der Waals surface area contributed by atoms with E-state index in [9.17, 15) is 19.6 Å².